The van der Waals surface area contributed by atoms with Crippen molar-refractivity contribution in [2.24, 2.45) is 0 Å². The third-order valence-electron chi connectivity index (χ3n) is 3.54. The molecule has 0 fully saturated rings. The van der Waals surface area contributed by atoms with Gasteiger partial charge in [0.1, 0.15) is 5.75 Å². The Morgan fingerprint density at radius 2 is 1.76 bits per heavy atom. The van der Waals surface area contributed by atoms with E-state index in [4.69, 9.17) is 4.74 Å². The van der Waals surface area contributed by atoms with Crippen molar-refractivity contribution < 1.29 is 14.3 Å². The molecule has 0 amide bonds. The molecular formula is C19H17N3O3. The van der Waals surface area contributed by atoms with Crippen LogP contribution in [0.4, 0.5) is 0 Å². The number of carbonyl (C=O) groups excluding carboxylic acids is 1. The van der Waals surface area contributed by atoms with E-state index in [-0.39, 0.29) is 0 Å². The molecule has 2 heterocycles. The molecule has 0 N–H and O–H groups in total. The van der Waals surface area contributed by atoms with E-state index in [0.717, 1.165) is 17.0 Å². The average Bonchev–Trinajstić information content (AvgIpc) is 2.68. The molecule has 0 aliphatic rings. The summed E-state index contributed by atoms with van der Waals surface area (Å²) in [7, 11) is 1.33. The van der Waals surface area contributed by atoms with Gasteiger partial charge in [0.25, 0.3) is 0 Å². The first-order valence-corrected chi connectivity index (χ1v) is 7.77. The van der Waals surface area contributed by atoms with Crippen LogP contribution in [0.15, 0.2) is 60.9 Å². The molecule has 0 spiro atoms. The van der Waals surface area contributed by atoms with Crippen LogP contribution in [0.1, 0.15) is 6.92 Å². The number of hydrogen-bond donors (Lipinski definition) is 0. The number of benzene rings is 1. The van der Waals surface area contributed by atoms with Crippen LogP contribution in [0.25, 0.3) is 22.8 Å². The highest BCUT2D eigenvalue weighted by molar-refractivity contribution is 5.74. The first kappa shape index (κ1) is 16.6. The van der Waals surface area contributed by atoms with Gasteiger partial charge in [0.15, 0.2) is 11.9 Å². The molecule has 2 aromatic heterocycles. The van der Waals surface area contributed by atoms with Gasteiger partial charge in [-0.3, -0.25) is 4.98 Å². The van der Waals surface area contributed by atoms with Gasteiger partial charge in [-0.15, -0.1) is 0 Å². The molecule has 0 aliphatic carbocycles. The predicted molar refractivity (Wildman–Crippen MR) is 92.8 cm³/mol. The van der Waals surface area contributed by atoms with Crippen molar-refractivity contribution in [2.75, 3.05) is 7.11 Å². The molecule has 1 aromatic carbocycles. The minimum absolute atomic E-state index is 0.421. The molecule has 6 heteroatoms. The Morgan fingerprint density at radius 1 is 0.960 bits per heavy atom. The van der Waals surface area contributed by atoms with E-state index in [1.54, 1.807) is 31.5 Å². The zero-order chi connectivity index (χ0) is 17.6. The molecular weight excluding hydrogens is 318 g/mol. The number of rotatable bonds is 5. The monoisotopic (exact) mass is 335 g/mol. The number of ether oxygens (including phenoxy) is 2. The normalized spacial score (nSPS) is 11.6. The number of nitrogens with zero attached hydrogens (tertiary/aromatic N) is 3. The molecule has 0 unspecified atom stereocenters. The Bertz CT molecular complexity index is 851. The van der Waals surface area contributed by atoms with E-state index in [0.29, 0.717) is 11.6 Å². The summed E-state index contributed by atoms with van der Waals surface area (Å²) in [5, 5.41) is 0. The fourth-order valence-electron chi connectivity index (χ4n) is 2.26. The maximum absolute atomic E-state index is 11.4. The zero-order valence-electron chi connectivity index (χ0n) is 13.9. The second kappa shape index (κ2) is 7.53. The summed E-state index contributed by atoms with van der Waals surface area (Å²) in [5.74, 6) is 0.744. The van der Waals surface area contributed by atoms with Crippen molar-refractivity contribution in [1.29, 1.82) is 0 Å². The lowest BCUT2D eigenvalue weighted by Gasteiger charge is -2.12. The summed E-state index contributed by atoms with van der Waals surface area (Å²) in [6, 6.07) is 14.7. The molecule has 25 heavy (non-hydrogen) atoms. The van der Waals surface area contributed by atoms with E-state index in [1.165, 1.54) is 7.11 Å². The van der Waals surface area contributed by atoms with Crippen LogP contribution in [0.3, 0.4) is 0 Å². The second-order valence-corrected chi connectivity index (χ2v) is 5.29. The fraction of sp³-hybridized carbons (Fsp3) is 0.158. The Kier molecular flexibility index (Phi) is 4.99. The Hall–Kier alpha value is -3.28. The fourth-order valence-corrected chi connectivity index (χ4v) is 2.26. The summed E-state index contributed by atoms with van der Waals surface area (Å²) in [4.78, 5) is 24.6. The molecule has 1 atom stereocenters. The van der Waals surface area contributed by atoms with Crippen LogP contribution >= 0.6 is 0 Å². The topological polar surface area (TPSA) is 74.2 Å². The summed E-state index contributed by atoms with van der Waals surface area (Å²) < 4.78 is 10.2. The van der Waals surface area contributed by atoms with Crippen molar-refractivity contribution in [3.8, 4) is 28.5 Å². The third kappa shape index (κ3) is 3.98. The Balaban J connectivity index is 1.80. The average molecular weight is 335 g/mol. The molecule has 0 bridgehead atoms. The van der Waals surface area contributed by atoms with Gasteiger partial charge in [-0.2, -0.15) is 0 Å². The van der Waals surface area contributed by atoms with Crippen LogP contribution in [0.5, 0.6) is 5.75 Å². The lowest BCUT2D eigenvalue weighted by Crippen LogP contribution is -2.24. The number of methoxy groups -OCH3 is 1. The number of carbonyl (C=O) groups is 1. The SMILES string of the molecule is COC(=O)[C@@H](C)Oc1ccc(-c2nccc(-c3ccccn3)n2)cc1. The number of esters is 1. The van der Waals surface area contributed by atoms with Crippen LogP contribution in [-0.4, -0.2) is 34.1 Å². The Labute approximate surface area is 145 Å². The summed E-state index contributed by atoms with van der Waals surface area (Å²) in [6.07, 6.45) is 2.77. The lowest BCUT2D eigenvalue weighted by molar-refractivity contribution is -0.147. The zero-order valence-corrected chi connectivity index (χ0v) is 13.9. The third-order valence-corrected chi connectivity index (χ3v) is 3.54. The maximum Gasteiger partial charge on any atom is 0.346 e. The molecule has 0 saturated carbocycles. The standard InChI is InChI=1S/C19H17N3O3/c1-13(19(23)24-2)25-15-8-6-14(7-9-15)18-21-12-10-17(22-18)16-5-3-4-11-20-16/h3-13H,1-2H3/t13-/m1/s1. The van der Waals surface area contributed by atoms with Crippen LogP contribution < -0.4 is 4.74 Å². The maximum atomic E-state index is 11.4. The van der Waals surface area contributed by atoms with E-state index >= 15 is 0 Å². The van der Waals surface area contributed by atoms with Gasteiger partial charge < -0.3 is 9.47 Å². The van der Waals surface area contributed by atoms with Gasteiger partial charge in [0, 0.05) is 18.0 Å². The van der Waals surface area contributed by atoms with Gasteiger partial charge in [-0.1, -0.05) is 6.07 Å². The number of pyridine rings is 1. The van der Waals surface area contributed by atoms with Crippen LogP contribution in [0, 0.1) is 0 Å². The highest BCUT2D eigenvalue weighted by Gasteiger charge is 2.14. The quantitative estimate of drug-likeness (QED) is 0.667. The number of aromatic nitrogens is 3. The molecule has 3 rings (SSSR count). The minimum Gasteiger partial charge on any atom is -0.479 e. The van der Waals surface area contributed by atoms with Crippen LogP contribution in [-0.2, 0) is 9.53 Å². The molecule has 126 valence electrons. The lowest BCUT2D eigenvalue weighted by atomic mass is 10.2. The molecule has 0 saturated heterocycles. The highest BCUT2D eigenvalue weighted by Crippen LogP contribution is 2.22. The van der Waals surface area contributed by atoms with Crippen molar-refractivity contribution >= 4 is 5.97 Å². The van der Waals surface area contributed by atoms with E-state index in [2.05, 4.69) is 19.7 Å². The predicted octanol–water partition coefficient (Wildman–Crippen LogP) is 3.15. The first-order chi connectivity index (χ1) is 12.2. The number of hydrogen-bond acceptors (Lipinski definition) is 6. The summed E-state index contributed by atoms with van der Waals surface area (Å²) in [6.45, 7) is 1.64. The van der Waals surface area contributed by atoms with E-state index in [1.807, 2.05) is 36.4 Å². The van der Waals surface area contributed by atoms with E-state index in [9.17, 15) is 4.79 Å². The summed E-state index contributed by atoms with van der Waals surface area (Å²) in [5.41, 5.74) is 2.39. The first-order valence-electron chi connectivity index (χ1n) is 7.77. The van der Waals surface area contributed by atoms with E-state index < -0.39 is 12.1 Å². The van der Waals surface area contributed by atoms with Gasteiger partial charge in [0.2, 0.25) is 0 Å². The van der Waals surface area contributed by atoms with Crippen molar-refractivity contribution in [2.45, 2.75) is 13.0 Å². The molecule has 3 aromatic rings. The largest absolute Gasteiger partial charge is 0.479 e. The minimum atomic E-state index is -0.667. The van der Waals surface area contributed by atoms with Crippen LogP contribution in [0.2, 0.25) is 0 Å². The van der Waals surface area contributed by atoms with Gasteiger partial charge in [-0.05, 0) is 49.4 Å². The van der Waals surface area contributed by atoms with Gasteiger partial charge >= 0.3 is 5.97 Å². The molecule has 6 nitrogen and oxygen atoms in total. The summed E-state index contributed by atoms with van der Waals surface area (Å²) >= 11 is 0. The molecule has 0 aliphatic heterocycles. The van der Waals surface area contributed by atoms with Crippen molar-refractivity contribution in [1.82, 2.24) is 15.0 Å². The highest BCUT2D eigenvalue weighted by atomic mass is 16.6. The van der Waals surface area contributed by atoms with Crippen molar-refractivity contribution in [3.63, 3.8) is 0 Å². The van der Waals surface area contributed by atoms with Gasteiger partial charge in [0.05, 0.1) is 18.5 Å². The van der Waals surface area contributed by atoms with Gasteiger partial charge in [-0.25, -0.2) is 14.8 Å². The smallest absolute Gasteiger partial charge is 0.346 e. The van der Waals surface area contributed by atoms with Crippen molar-refractivity contribution in [3.05, 3.63) is 60.9 Å². The molecule has 0 radical (unpaired) electrons. The second-order valence-electron chi connectivity index (χ2n) is 5.29. The Morgan fingerprint density at radius 3 is 2.44 bits per heavy atom.